The Morgan fingerprint density at radius 2 is 0.880 bits per heavy atom. The second kappa shape index (κ2) is 36.7. The van der Waals surface area contributed by atoms with Gasteiger partial charge in [0.2, 0.25) is 0 Å². The van der Waals surface area contributed by atoms with Crippen LogP contribution in [0.5, 0.6) is 0 Å². The molecule has 1 aromatic heterocycles. The number of rotatable bonds is 28. The van der Waals surface area contributed by atoms with Crippen molar-refractivity contribution in [2.75, 3.05) is 13.1 Å². The van der Waals surface area contributed by atoms with Crippen LogP contribution in [0.1, 0.15) is 167 Å². The third-order valence-electron chi connectivity index (χ3n) is 12.2. The Hall–Kier alpha value is -5.22. The van der Waals surface area contributed by atoms with Crippen molar-refractivity contribution < 1.29 is 28.8 Å². The van der Waals surface area contributed by atoms with Crippen molar-refractivity contribution in [1.82, 2.24) is 36.9 Å². The van der Waals surface area contributed by atoms with E-state index in [0.29, 0.717) is 31.0 Å². The number of ketones is 4. The van der Waals surface area contributed by atoms with Gasteiger partial charge in [0, 0.05) is 78.0 Å². The zero-order valence-corrected chi connectivity index (χ0v) is 48.2. The SMILES string of the molecule is C.CC(C)N[C@@H](CC1=CCc2ccccc21)C(=O)C(C)C.CC(C)N[C@@H](CCCNC(N)=O)C(=O)C(C)C.CC(C)N[C@@H](CCCNC(N)=O)C(=O)C(C)C.CC(C)N[C@@H](Cc1c[nH]c2ccccc12)C(=O)C(C)C. The molecule has 1 aliphatic rings. The Bertz CT molecular complexity index is 2140. The van der Waals surface area contributed by atoms with Crippen molar-refractivity contribution in [3.63, 3.8) is 0 Å². The molecule has 0 fully saturated rings. The summed E-state index contributed by atoms with van der Waals surface area (Å²) in [6.07, 6.45) is 9.74. The molecule has 0 saturated carbocycles. The number of aromatic nitrogens is 1. The molecule has 4 atom stereocenters. The van der Waals surface area contributed by atoms with Crippen molar-refractivity contribution in [2.24, 2.45) is 35.1 Å². The third kappa shape index (κ3) is 27.9. The van der Waals surface area contributed by atoms with Gasteiger partial charge in [-0.3, -0.25) is 19.2 Å². The minimum Gasteiger partial charge on any atom is -0.361 e. The average Bonchev–Trinajstić information content (AvgIpc) is 3.93. The number of benzene rings is 2. The molecule has 2 aromatic carbocycles. The van der Waals surface area contributed by atoms with Crippen LogP contribution in [0, 0.1) is 23.7 Å². The van der Waals surface area contributed by atoms with E-state index in [1.165, 1.54) is 27.6 Å². The molecular weight excluding hydrogens is 943 g/mol. The summed E-state index contributed by atoms with van der Waals surface area (Å²) in [6, 6.07) is 16.4. The minimum atomic E-state index is -0.520. The fourth-order valence-electron chi connectivity index (χ4n) is 8.64. The summed E-state index contributed by atoms with van der Waals surface area (Å²) < 4.78 is 0. The molecule has 75 heavy (non-hydrogen) atoms. The van der Waals surface area contributed by atoms with E-state index in [0.717, 1.165) is 50.5 Å². The number of H-pyrrole nitrogens is 1. The maximum Gasteiger partial charge on any atom is 0.312 e. The monoisotopic (exact) mass is 1050 g/mol. The van der Waals surface area contributed by atoms with E-state index in [1.807, 2.05) is 101 Å². The zero-order valence-electron chi connectivity index (χ0n) is 48.2. The highest BCUT2D eigenvalue weighted by atomic mass is 16.2. The van der Waals surface area contributed by atoms with Crippen LogP contribution in [0.3, 0.4) is 0 Å². The molecule has 0 radical (unpaired) electrons. The molecule has 1 heterocycles. The van der Waals surface area contributed by atoms with Crippen LogP contribution in [0.4, 0.5) is 9.59 Å². The van der Waals surface area contributed by atoms with E-state index >= 15 is 0 Å². The molecule has 0 unspecified atom stereocenters. The molecule has 15 heteroatoms. The van der Waals surface area contributed by atoms with Crippen molar-refractivity contribution in [2.45, 2.75) is 211 Å². The number of nitrogens with one attached hydrogen (secondary N) is 7. The lowest BCUT2D eigenvalue weighted by molar-refractivity contribution is -0.125. The number of nitrogens with two attached hydrogens (primary N) is 2. The molecule has 3 aromatic rings. The Balaban J connectivity index is 0.000000973. The van der Waals surface area contributed by atoms with Crippen molar-refractivity contribution in [1.29, 1.82) is 0 Å². The summed E-state index contributed by atoms with van der Waals surface area (Å²) in [7, 11) is 0. The van der Waals surface area contributed by atoms with Gasteiger partial charge in [-0.1, -0.05) is 167 Å². The highest BCUT2D eigenvalue weighted by Gasteiger charge is 2.27. The molecule has 0 spiro atoms. The number of hydrogen-bond acceptors (Lipinski definition) is 10. The summed E-state index contributed by atoms with van der Waals surface area (Å²) in [6.45, 7) is 32.9. The first kappa shape index (κ1) is 69.8. The number of allylic oxidation sites excluding steroid dienone is 1. The first-order chi connectivity index (χ1) is 34.7. The lowest BCUT2D eigenvalue weighted by atomic mass is 9.93. The number of amides is 4. The number of aromatic amines is 1. The summed E-state index contributed by atoms with van der Waals surface area (Å²) in [5.74, 6) is 1.20. The molecule has 4 rings (SSSR count). The van der Waals surface area contributed by atoms with Gasteiger partial charge in [0.1, 0.15) is 0 Å². The second-order valence-corrected chi connectivity index (χ2v) is 21.9. The second-order valence-electron chi connectivity index (χ2n) is 21.9. The van der Waals surface area contributed by atoms with Gasteiger partial charge in [0.05, 0.1) is 24.2 Å². The standard InChI is InChI=1S/C18H25NO.C17H24N2O.2C12H25N3O2.CH4/c1-12(2)18(20)17(19-13(3)4)11-15-10-9-14-7-5-6-8-16(14)15;1-11(2)17(20)16(19-12(3)4)9-13-10-18-15-8-6-5-7-14(13)15;2*1-8(2)11(16)10(15-9(3)4)6-5-7-14-12(13)17;/h5-8,10,12-13,17,19H,9,11H2,1-4H3;5-8,10-12,16,18-19H,9H2,1-4H3;2*8-10,15H,5-7H2,1-4H3,(H3,13,14,17);1H4/t17-;16-;2*10-;/m0000./s1. The topological polar surface area (TPSA) is 242 Å². The van der Waals surface area contributed by atoms with Crippen LogP contribution in [-0.2, 0) is 32.0 Å². The number of fused-ring (bicyclic) bond motifs is 2. The number of carbonyl (C=O) groups excluding carboxylic acids is 6. The predicted octanol–water partition coefficient (Wildman–Crippen LogP) is 9.60. The first-order valence-electron chi connectivity index (χ1n) is 27.2. The van der Waals surface area contributed by atoms with Crippen molar-refractivity contribution in [3.8, 4) is 0 Å². The van der Waals surface area contributed by atoms with Crippen molar-refractivity contribution in [3.05, 3.63) is 77.5 Å². The molecule has 0 saturated heterocycles. The first-order valence-corrected chi connectivity index (χ1v) is 27.2. The summed E-state index contributed by atoms with van der Waals surface area (Å²) in [5.41, 5.74) is 16.3. The van der Waals surface area contributed by atoms with E-state index < -0.39 is 12.1 Å². The molecule has 0 bridgehead atoms. The normalized spacial score (nSPS) is 13.5. The van der Waals surface area contributed by atoms with E-state index in [-0.39, 0.29) is 84.7 Å². The smallest absolute Gasteiger partial charge is 0.312 e. The largest absolute Gasteiger partial charge is 0.361 e. The number of para-hydroxylation sites is 1. The molecular formula is C60H103N9O6. The summed E-state index contributed by atoms with van der Waals surface area (Å²) in [5, 5.41) is 19.6. The van der Waals surface area contributed by atoms with Gasteiger partial charge in [-0.25, -0.2) is 9.59 Å². The van der Waals surface area contributed by atoms with E-state index in [2.05, 4.69) is 107 Å². The lowest BCUT2D eigenvalue weighted by Crippen LogP contribution is -2.44. The number of hydrogen-bond donors (Lipinski definition) is 9. The van der Waals surface area contributed by atoms with E-state index in [9.17, 15) is 28.8 Å². The van der Waals surface area contributed by atoms with E-state index in [4.69, 9.17) is 11.5 Å². The third-order valence-corrected chi connectivity index (χ3v) is 12.2. The lowest BCUT2D eigenvalue weighted by Gasteiger charge is -2.23. The Labute approximate surface area is 452 Å². The van der Waals surface area contributed by atoms with Gasteiger partial charge in [-0.2, -0.15) is 0 Å². The highest BCUT2D eigenvalue weighted by molar-refractivity contribution is 5.90. The molecule has 11 N–H and O–H groups in total. The molecule has 4 amide bonds. The van der Waals surface area contributed by atoms with Crippen LogP contribution in [0.2, 0.25) is 0 Å². The number of urea groups is 2. The van der Waals surface area contributed by atoms with Crippen LogP contribution in [-0.4, -0.2) is 102 Å². The molecule has 15 nitrogen and oxygen atoms in total. The van der Waals surface area contributed by atoms with Gasteiger partial charge in [0.25, 0.3) is 0 Å². The summed E-state index contributed by atoms with van der Waals surface area (Å²) >= 11 is 0. The predicted molar refractivity (Wildman–Crippen MR) is 313 cm³/mol. The fraction of sp³-hybridized carbons (Fsp3) is 0.633. The maximum absolute atomic E-state index is 12.4. The van der Waals surface area contributed by atoms with Gasteiger partial charge in [-0.05, 0) is 73.3 Å². The van der Waals surface area contributed by atoms with Gasteiger partial charge in [0.15, 0.2) is 23.1 Å². The van der Waals surface area contributed by atoms with Gasteiger partial charge in [-0.15, -0.1) is 0 Å². The Morgan fingerprint density at radius 1 is 0.507 bits per heavy atom. The van der Waals surface area contributed by atoms with Gasteiger partial charge >= 0.3 is 12.1 Å². The molecule has 1 aliphatic carbocycles. The summed E-state index contributed by atoms with van der Waals surface area (Å²) in [4.78, 5) is 72.9. The average molecular weight is 1050 g/mol. The highest BCUT2D eigenvalue weighted by Crippen LogP contribution is 2.31. The van der Waals surface area contributed by atoms with Crippen LogP contribution in [0.25, 0.3) is 16.5 Å². The van der Waals surface area contributed by atoms with Crippen molar-refractivity contribution >= 4 is 51.7 Å². The molecule has 424 valence electrons. The number of carbonyl (C=O) groups is 6. The minimum absolute atomic E-state index is 0. The Morgan fingerprint density at radius 3 is 1.29 bits per heavy atom. The molecule has 0 aliphatic heterocycles. The fourth-order valence-corrected chi connectivity index (χ4v) is 8.64. The van der Waals surface area contributed by atoms with E-state index in [1.54, 1.807) is 0 Å². The number of primary amides is 2. The maximum atomic E-state index is 12.4. The van der Waals surface area contributed by atoms with Crippen LogP contribution < -0.4 is 43.4 Å². The Kier molecular flexibility index (Phi) is 34.2. The quantitative estimate of drug-likeness (QED) is 0.0312. The van der Waals surface area contributed by atoms with Crippen LogP contribution >= 0.6 is 0 Å². The van der Waals surface area contributed by atoms with Gasteiger partial charge < -0.3 is 48.4 Å². The van der Waals surface area contributed by atoms with Crippen LogP contribution in [0.15, 0.2) is 60.8 Å². The number of Topliss-reactive ketones (excluding diaryl/α,β-unsaturated/α-hetero) is 4. The zero-order chi connectivity index (χ0) is 56.2.